The lowest BCUT2D eigenvalue weighted by Crippen LogP contribution is -1.79. The summed E-state index contributed by atoms with van der Waals surface area (Å²) in [6.07, 6.45) is 0. The van der Waals surface area contributed by atoms with E-state index in [0.29, 0.717) is 0 Å². The second-order valence-corrected chi connectivity index (χ2v) is 0.440. The summed E-state index contributed by atoms with van der Waals surface area (Å²) < 4.78 is 0. The van der Waals surface area contributed by atoms with Crippen molar-refractivity contribution in [2.45, 2.75) is 0 Å². The molecule has 0 aliphatic heterocycles. The molecule has 0 unspecified atom stereocenters. The molecule has 0 bridgehead atoms. The van der Waals surface area contributed by atoms with E-state index in [2.05, 4.69) is 0 Å². The van der Waals surface area contributed by atoms with Gasteiger partial charge in [0.15, 0.2) is 7.05 Å². The third-order valence-electron chi connectivity index (χ3n) is 0. The van der Waals surface area contributed by atoms with E-state index in [1.165, 1.54) is 0 Å². The fourth-order valence-corrected chi connectivity index (χ4v) is 0. The highest BCUT2D eigenvalue weighted by Crippen LogP contribution is 1.39. The Labute approximate surface area is 34.4 Å². The van der Waals surface area contributed by atoms with E-state index in [-0.39, 0.29) is 11.0 Å². The van der Waals surface area contributed by atoms with Crippen molar-refractivity contribution < 1.29 is 15.9 Å². The largest absolute Gasteiger partial charge is 0.412 e. The Bertz CT molecular complexity index is 30.5. The van der Waals surface area contributed by atoms with Gasteiger partial charge in [0.25, 0.3) is 0 Å². The maximum atomic E-state index is 8.81. The third-order valence-corrected chi connectivity index (χ3v) is 0. The van der Waals surface area contributed by atoms with E-state index in [0.717, 1.165) is 7.05 Å². The highest BCUT2D eigenvalue weighted by Gasteiger charge is 1.57. The molecule has 0 radical (unpaired) electrons. The zero-order chi connectivity index (χ0) is 3.58. The molecule has 0 aliphatic carbocycles. The summed E-state index contributed by atoms with van der Waals surface area (Å²) in [5, 5.41) is 8.81. The molecule has 0 aromatic heterocycles. The van der Waals surface area contributed by atoms with Gasteiger partial charge in [0.05, 0.1) is 0 Å². The number of hydrogen-bond donors (Lipinski definition) is 0. The summed E-state index contributed by atoms with van der Waals surface area (Å²) >= 11 is 0. The Hall–Kier alpha value is -0.680. The molecule has 5 heteroatoms. The van der Waals surface area contributed by atoms with Gasteiger partial charge < -0.3 is 11.0 Å². The van der Waals surface area contributed by atoms with Gasteiger partial charge in [-0.15, -0.1) is 0 Å². The van der Waals surface area contributed by atoms with Crippen LogP contribution in [0.5, 0.6) is 0 Å². The lowest BCUT2D eigenvalue weighted by Gasteiger charge is -1.63. The Balaban J connectivity index is -0.0000000450. The Morgan fingerprint density at radius 2 is 1.50 bits per heavy atom. The van der Waals surface area contributed by atoms with Crippen LogP contribution in [0.1, 0.15) is 0 Å². The standard InChI is InChI=1S/CH3NO2.2H2O/c1-2(3)4;;/h1H3;2*1H2. The van der Waals surface area contributed by atoms with Crippen LogP contribution in [-0.2, 0) is 0 Å². The monoisotopic (exact) mass is 97.0 g/mol. The van der Waals surface area contributed by atoms with Gasteiger partial charge in [-0.3, -0.25) is 10.1 Å². The molecule has 0 aliphatic rings. The average Bonchev–Trinajstić information content (AvgIpc) is 0.811. The van der Waals surface area contributed by atoms with Crippen LogP contribution in [0.4, 0.5) is 0 Å². The first-order valence-corrected chi connectivity index (χ1v) is 0.812. The molecule has 40 valence electrons. The van der Waals surface area contributed by atoms with Crippen LogP contribution in [0.2, 0.25) is 0 Å². The van der Waals surface area contributed by atoms with E-state index < -0.39 is 4.92 Å². The van der Waals surface area contributed by atoms with Crippen molar-refractivity contribution in [3.05, 3.63) is 10.1 Å². The van der Waals surface area contributed by atoms with Crippen LogP contribution < -0.4 is 0 Å². The summed E-state index contributed by atoms with van der Waals surface area (Å²) in [4.78, 5) is 8.31. The topological polar surface area (TPSA) is 106 Å². The van der Waals surface area contributed by atoms with Crippen LogP contribution in [0, 0.1) is 10.1 Å². The molecule has 0 saturated heterocycles. The van der Waals surface area contributed by atoms with Crippen LogP contribution in [0.15, 0.2) is 0 Å². The third kappa shape index (κ3) is 38.6. The van der Waals surface area contributed by atoms with Crippen molar-refractivity contribution in [1.29, 1.82) is 0 Å². The predicted molar refractivity (Wildman–Crippen MR) is 20.1 cm³/mol. The zero-order valence-corrected chi connectivity index (χ0v) is 3.26. The van der Waals surface area contributed by atoms with Gasteiger partial charge in [-0.2, -0.15) is 0 Å². The van der Waals surface area contributed by atoms with Gasteiger partial charge >= 0.3 is 0 Å². The van der Waals surface area contributed by atoms with Gasteiger partial charge in [-0.25, -0.2) is 0 Å². The average molecular weight is 97.1 g/mol. The molecule has 4 N–H and O–H groups in total. The molecule has 6 heavy (non-hydrogen) atoms. The van der Waals surface area contributed by atoms with Crippen molar-refractivity contribution in [2.24, 2.45) is 0 Å². The molecular formula is CH7NO4. The molecule has 0 amide bonds. The zero-order valence-electron chi connectivity index (χ0n) is 3.26. The highest BCUT2D eigenvalue weighted by molar-refractivity contribution is 3.91. The summed E-state index contributed by atoms with van der Waals surface area (Å²) in [7, 11) is 0.889. The Morgan fingerprint density at radius 3 is 1.50 bits per heavy atom. The highest BCUT2D eigenvalue weighted by atomic mass is 16.6. The van der Waals surface area contributed by atoms with E-state index in [1.54, 1.807) is 0 Å². The minimum absolute atomic E-state index is 0. The lowest BCUT2D eigenvalue weighted by molar-refractivity contribution is -0.445. The van der Waals surface area contributed by atoms with Crippen LogP contribution in [0.3, 0.4) is 0 Å². The molecular weight excluding hydrogens is 90.0 g/mol. The fourth-order valence-electron chi connectivity index (χ4n) is 0. The van der Waals surface area contributed by atoms with E-state index in [4.69, 9.17) is 10.1 Å². The van der Waals surface area contributed by atoms with E-state index >= 15 is 0 Å². The summed E-state index contributed by atoms with van der Waals surface area (Å²) in [6.45, 7) is 0. The maximum absolute atomic E-state index is 8.81. The second-order valence-electron chi connectivity index (χ2n) is 0.440. The first kappa shape index (κ1) is 18.4. The van der Waals surface area contributed by atoms with Crippen molar-refractivity contribution in [1.82, 2.24) is 0 Å². The minimum Gasteiger partial charge on any atom is -0.412 e. The summed E-state index contributed by atoms with van der Waals surface area (Å²) in [5.41, 5.74) is 0. The second kappa shape index (κ2) is 8.85. The summed E-state index contributed by atoms with van der Waals surface area (Å²) in [5.74, 6) is 0. The van der Waals surface area contributed by atoms with Crippen LogP contribution in [-0.4, -0.2) is 22.9 Å². The van der Waals surface area contributed by atoms with Crippen molar-refractivity contribution in [2.75, 3.05) is 7.05 Å². The number of hydrogen-bond acceptors (Lipinski definition) is 2. The number of nitro groups is 1. The molecule has 0 heterocycles. The first-order chi connectivity index (χ1) is 1.73. The maximum Gasteiger partial charge on any atom is 0.194 e. The molecule has 0 spiro atoms. The number of nitrogens with zero attached hydrogens (tertiary/aromatic N) is 1. The number of rotatable bonds is 0. The van der Waals surface area contributed by atoms with Gasteiger partial charge in [0, 0.05) is 4.92 Å². The van der Waals surface area contributed by atoms with Crippen LogP contribution in [0.25, 0.3) is 0 Å². The lowest BCUT2D eigenvalue weighted by atomic mass is 11.5. The van der Waals surface area contributed by atoms with E-state index in [9.17, 15) is 0 Å². The molecule has 0 saturated carbocycles. The molecule has 0 fully saturated rings. The van der Waals surface area contributed by atoms with Gasteiger partial charge in [0.1, 0.15) is 0 Å². The quantitative estimate of drug-likeness (QED) is 0.264. The van der Waals surface area contributed by atoms with Crippen molar-refractivity contribution in [3.8, 4) is 0 Å². The van der Waals surface area contributed by atoms with Crippen molar-refractivity contribution in [3.63, 3.8) is 0 Å². The molecule has 5 nitrogen and oxygen atoms in total. The first-order valence-electron chi connectivity index (χ1n) is 0.812. The Kier molecular flexibility index (Phi) is 27.2. The van der Waals surface area contributed by atoms with E-state index in [1.807, 2.05) is 0 Å². The molecule has 0 aromatic carbocycles. The minimum atomic E-state index is -0.500. The summed E-state index contributed by atoms with van der Waals surface area (Å²) in [6, 6.07) is 0. The van der Waals surface area contributed by atoms with Crippen molar-refractivity contribution >= 4 is 0 Å². The fraction of sp³-hybridized carbons (Fsp3) is 1.00. The SMILES string of the molecule is C[N+](=O)[O-].O.O. The van der Waals surface area contributed by atoms with Gasteiger partial charge in [-0.05, 0) is 0 Å². The predicted octanol–water partition coefficient (Wildman–Crippen LogP) is -1.76. The molecule has 0 atom stereocenters. The van der Waals surface area contributed by atoms with Crippen LogP contribution >= 0.6 is 0 Å². The molecule has 0 aromatic rings. The Morgan fingerprint density at radius 1 is 1.50 bits per heavy atom. The normalized spacial score (nSPS) is 4.17. The molecule has 0 rings (SSSR count). The van der Waals surface area contributed by atoms with Gasteiger partial charge in [-0.1, -0.05) is 0 Å². The van der Waals surface area contributed by atoms with Gasteiger partial charge in [0.2, 0.25) is 0 Å². The smallest absolute Gasteiger partial charge is 0.194 e.